The first kappa shape index (κ1) is 10.2. The number of carbonyl (C=O) groups is 2. The summed E-state index contributed by atoms with van der Waals surface area (Å²) in [6, 6.07) is -0.175. The van der Waals surface area contributed by atoms with Gasteiger partial charge in [-0.15, -0.1) is 0 Å². The monoisotopic (exact) mass is 209 g/mol. The number of carbonyl (C=O) groups excluding carboxylic acids is 2. The summed E-state index contributed by atoms with van der Waals surface area (Å²) in [5.74, 6) is 0.205. The Hall–Kier alpha value is -1.32. The summed E-state index contributed by atoms with van der Waals surface area (Å²) >= 11 is 0. The molecule has 2 heterocycles. The second-order valence-corrected chi connectivity index (χ2v) is 4.01. The Morgan fingerprint density at radius 2 is 2.33 bits per heavy atom. The van der Waals surface area contributed by atoms with Crippen LogP contribution in [0.2, 0.25) is 0 Å². The maximum Gasteiger partial charge on any atom is 0.410 e. The van der Waals surface area contributed by atoms with E-state index in [2.05, 4.69) is 0 Å². The number of amides is 1. The Bertz CT molecular complexity index is 324. The zero-order valence-electron chi connectivity index (χ0n) is 8.97. The highest BCUT2D eigenvalue weighted by molar-refractivity contribution is 5.87. The first-order chi connectivity index (χ1) is 7.19. The number of rotatable bonds is 1. The minimum absolute atomic E-state index is 0.0564. The Kier molecular flexibility index (Phi) is 2.50. The van der Waals surface area contributed by atoms with Crippen LogP contribution >= 0.6 is 0 Å². The lowest BCUT2D eigenvalue weighted by atomic mass is 9.87. The van der Waals surface area contributed by atoms with E-state index < -0.39 is 0 Å². The van der Waals surface area contributed by atoms with E-state index in [4.69, 9.17) is 4.74 Å². The Balaban J connectivity index is 2.24. The van der Waals surface area contributed by atoms with E-state index >= 15 is 0 Å². The van der Waals surface area contributed by atoms with Crippen molar-refractivity contribution in [2.45, 2.75) is 31.8 Å². The lowest BCUT2D eigenvalue weighted by molar-refractivity contribution is -0.128. The first-order valence-electron chi connectivity index (χ1n) is 5.26. The minimum atomic E-state index is -0.332. The van der Waals surface area contributed by atoms with Crippen LogP contribution in [0.5, 0.6) is 0 Å². The zero-order chi connectivity index (χ0) is 11.0. The molecule has 1 fully saturated rings. The average molecular weight is 209 g/mol. The summed E-state index contributed by atoms with van der Waals surface area (Å²) in [7, 11) is 1.37. The molecular weight excluding hydrogens is 194 g/mol. The van der Waals surface area contributed by atoms with Crippen LogP contribution in [-0.2, 0) is 9.53 Å². The molecule has 2 rings (SSSR count). The standard InChI is InChI=1S/C11H15NO3/c1-3-8-9-5-4-7(6-10(8)13)12(9)11(14)15-2/h4-5,7-9H,3,6H2,1-2H3/t7-,8+,9+/m1/s1. The number of methoxy groups -OCH3 is 1. The second-order valence-electron chi connectivity index (χ2n) is 4.01. The van der Waals surface area contributed by atoms with Gasteiger partial charge in [-0.3, -0.25) is 9.69 Å². The summed E-state index contributed by atoms with van der Waals surface area (Å²) in [5.41, 5.74) is 0. The largest absolute Gasteiger partial charge is 0.453 e. The number of hydrogen-bond acceptors (Lipinski definition) is 3. The molecule has 1 saturated heterocycles. The molecule has 3 atom stereocenters. The highest BCUT2D eigenvalue weighted by Crippen LogP contribution is 2.34. The Labute approximate surface area is 88.9 Å². The van der Waals surface area contributed by atoms with Crippen LogP contribution in [-0.4, -0.2) is 36.0 Å². The molecule has 0 aromatic rings. The van der Waals surface area contributed by atoms with E-state index in [0.29, 0.717) is 6.42 Å². The average Bonchev–Trinajstić information content (AvgIpc) is 2.55. The number of nitrogens with zero attached hydrogens (tertiary/aromatic N) is 1. The van der Waals surface area contributed by atoms with Crippen molar-refractivity contribution < 1.29 is 14.3 Å². The fourth-order valence-corrected chi connectivity index (χ4v) is 2.52. The topological polar surface area (TPSA) is 46.6 Å². The maximum atomic E-state index is 11.7. The van der Waals surface area contributed by atoms with Crippen molar-refractivity contribution in [2.75, 3.05) is 7.11 Å². The van der Waals surface area contributed by atoms with Crippen molar-refractivity contribution in [1.29, 1.82) is 0 Å². The van der Waals surface area contributed by atoms with Crippen molar-refractivity contribution in [2.24, 2.45) is 5.92 Å². The molecule has 82 valence electrons. The van der Waals surface area contributed by atoms with Gasteiger partial charge in [0.15, 0.2) is 0 Å². The maximum absolute atomic E-state index is 11.7. The molecule has 0 aromatic heterocycles. The molecule has 0 unspecified atom stereocenters. The van der Waals surface area contributed by atoms with E-state index in [9.17, 15) is 9.59 Å². The number of hydrogen-bond donors (Lipinski definition) is 0. The van der Waals surface area contributed by atoms with Crippen molar-refractivity contribution in [3.63, 3.8) is 0 Å². The van der Waals surface area contributed by atoms with Gasteiger partial charge in [0.25, 0.3) is 0 Å². The van der Waals surface area contributed by atoms with Gasteiger partial charge in [0.05, 0.1) is 19.2 Å². The van der Waals surface area contributed by atoms with Gasteiger partial charge in [0.2, 0.25) is 0 Å². The molecule has 0 radical (unpaired) electrons. The van der Waals surface area contributed by atoms with Gasteiger partial charge >= 0.3 is 6.09 Å². The van der Waals surface area contributed by atoms with E-state index in [1.54, 1.807) is 4.90 Å². The Morgan fingerprint density at radius 1 is 1.60 bits per heavy atom. The van der Waals surface area contributed by atoms with Crippen molar-refractivity contribution >= 4 is 11.9 Å². The van der Waals surface area contributed by atoms with Crippen LogP contribution in [0.1, 0.15) is 19.8 Å². The lowest BCUT2D eigenvalue weighted by Gasteiger charge is -2.37. The highest BCUT2D eigenvalue weighted by atomic mass is 16.5. The number of ether oxygens (including phenoxy) is 1. The van der Waals surface area contributed by atoms with Crippen LogP contribution in [0.4, 0.5) is 4.79 Å². The van der Waals surface area contributed by atoms with Gasteiger partial charge in [-0.05, 0) is 6.42 Å². The third-order valence-corrected chi connectivity index (χ3v) is 3.27. The SMILES string of the molecule is CC[C@@H]1C(=O)C[C@H]2C=C[C@@H]1N2C(=O)OC. The number of Topliss-reactive ketones (excluding diaryl/α,β-unsaturated/α-hetero) is 1. The van der Waals surface area contributed by atoms with Gasteiger partial charge in [0.1, 0.15) is 5.78 Å². The van der Waals surface area contributed by atoms with Crippen molar-refractivity contribution in [3.8, 4) is 0 Å². The normalized spacial score (nSPS) is 33.3. The third-order valence-electron chi connectivity index (χ3n) is 3.27. The highest BCUT2D eigenvalue weighted by Gasteiger charge is 2.45. The third kappa shape index (κ3) is 1.44. The van der Waals surface area contributed by atoms with Crippen LogP contribution < -0.4 is 0 Å². The molecule has 0 N–H and O–H groups in total. The predicted octanol–water partition coefficient (Wildman–Crippen LogP) is 1.36. The van der Waals surface area contributed by atoms with Gasteiger partial charge in [-0.25, -0.2) is 4.79 Å². The predicted molar refractivity (Wildman–Crippen MR) is 54.4 cm³/mol. The summed E-state index contributed by atoms with van der Waals surface area (Å²) in [6.45, 7) is 1.98. The molecule has 4 nitrogen and oxygen atoms in total. The van der Waals surface area contributed by atoms with Crippen LogP contribution in [0.15, 0.2) is 12.2 Å². The van der Waals surface area contributed by atoms with E-state index in [1.165, 1.54) is 7.11 Å². The van der Waals surface area contributed by atoms with E-state index in [1.807, 2.05) is 19.1 Å². The first-order valence-corrected chi connectivity index (χ1v) is 5.26. The molecule has 0 spiro atoms. The summed E-state index contributed by atoms with van der Waals surface area (Å²) in [4.78, 5) is 24.9. The fraction of sp³-hybridized carbons (Fsp3) is 0.636. The molecule has 2 aliphatic heterocycles. The van der Waals surface area contributed by atoms with Crippen LogP contribution in [0, 0.1) is 5.92 Å². The van der Waals surface area contributed by atoms with Gasteiger partial charge < -0.3 is 4.74 Å². The number of fused-ring (bicyclic) bond motifs is 2. The van der Waals surface area contributed by atoms with Gasteiger partial charge in [0, 0.05) is 12.3 Å². The molecule has 0 aromatic carbocycles. The quantitative estimate of drug-likeness (QED) is 0.612. The van der Waals surface area contributed by atoms with Crippen molar-refractivity contribution in [3.05, 3.63) is 12.2 Å². The van der Waals surface area contributed by atoms with E-state index in [0.717, 1.165) is 6.42 Å². The van der Waals surface area contributed by atoms with Crippen molar-refractivity contribution in [1.82, 2.24) is 4.90 Å². The molecule has 2 bridgehead atoms. The minimum Gasteiger partial charge on any atom is -0.453 e. The molecule has 2 aliphatic rings. The fourth-order valence-electron chi connectivity index (χ4n) is 2.52. The lowest BCUT2D eigenvalue weighted by Crippen LogP contribution is -2.52. The molecule has 1 amide bonds. The second kappa shape index (κ2) is 3.68. The molecule has 15 heavy (non-hydrogen) atoms. The number of ketones is 1. The number of piperidine rings is 1. The molecular formula is C11H15NO3. The smallest absolute Gasteiger partial charge is 0.410 e. The molecule has 4 heteroatoms. The van der Waals surface area contributed by atoms with Crippen LogP contribution in [0.25, 0.3) is 0 Å². The van der Waals surface area contributed by atoms with Gasteiger partial charge in [-0.1, -0.05) is 19.1 Å². The van der Waals surface area contributed by atoms with E-state index in [-0.39, 0.29) is 29.9 Å². The summed E-state index contributed by atoms with van der Waals surface area (Å²) < 4.78 is 4.73. The summed E-state index contributed by atoms with van der Waals surface area (Å²) in [5, 5.41) is 0. The van der Waals surface area contributed by atoms with Crippen LogP contribution in [0.3, 0.4) is 0 Å². The molecule has 0 saturated carbocycles. The molecule has 0 aliphatic carbocycles. The zero-order valence-corrected chi connectivity index (χ0v) is 8.97. The summed E-state index contributed by atoms with van der Waals surface area (Å²) in [6.07, 6.45) is 4.77. The Morgan fingerprint density at radius 3 is 2.93 bits per heavy atom. The van der Waals surface area contributed by atoms with Gasteiger partial charge in [-0.2, -0.15) is 0 Å².